The van der Waals surface area contributed by atoms with Gasteiger partial charge in [-0.3, -0.25) is 0 Å². The van der Waals surface area contributed by atoms with Gasteiger partial charge in [-0.2, -0.15) is 0 Å². The summed E-state index contributed by atoms with van der Waals surface area (Å²) in [6, 6.07) is 13.2. The molecule has 1 unspecified atom stereocenters. The molecule has 1 aromatic heterocycles. The number of fused-ring (bicyclic) bond motifs is 1. The van der Waals surface area contributed by atoms with Gasteiger partial charge in [0.15, 0.2) is 0 Å². The number of rotatable bonds is 7. The van der Waals surface area contributed by atoms with Gasteiger partial charge in [0.2, 0.25) is 6.29 Å². The van der Waals surface area contributed by atoms with Crippen molar-refractivity contribution in [1.82, 2.24) is 9.55 Å². The van der Waals surface area contributed by atoms with Gasteiger partial charge in [-0.15, -0.1) is 0 Å². The predicted octanol–water partition coefficient (Wildman–Crippen LogP) is 0.466. The van der Waals surface area contributed by atoms with Crippen LogP contribution in [0.25, 0.3) is 11.0 Å². The Balaban J connectivity index is 1.55. The van der Waals surface area contributed by atoms with E-state index in [9.17, 15) is 20.4 Å². The highest BCUT2D eigenvalue weighted by Crippen LogP contribution is 2.30. The molecule has 0 aliphatic carbocycles. The smallest absolute Gasteiger partial charge is 0.229 e. The number of nitrogens with zero attached hydrogens (tertiary/aromatic N) is 2. The molecule has 0 amide bonds. The topological polar surface area (TPSA) is 126 Å². The summed E-state index contributed by atoms with van der Waals surface area (Å²) >= 11 is 0. The number of methoxy groups -OCH3 is 1. The van der Waals surface area contributed by atoms with Crippen LogP contribution in [0.1, 0.15) is 5.56 Å². The monoisotopic (exact) mass is 430 g/mol. The first-order valence-corrected chi connectivity index (χ1v) is 10.1. The molecule has 1 aliphatic rings. The van der Waals surface area contributed by atoms with Gasteiger partial charge >= 0.3 is 0 Å². The van der Waals surface area contributed by atoms with E-state index in [2.05, 4.69) is 4.98 Å². The third-order valence-electron chi connectivity index (χ3n) is 5.49. The number of aliphatic hydroxyl groups is 4. The van der Waals surface area contributed by atoms with E-state index in [0.29, 0.717) is 23.3 Å². The molecular weight excluding hydrogens is 404 g/mol. The van der Waals surface area contributed by atoms with Gasteiger partial charge < -0.3 is 39.2 Å². The van der Waals surface area contributed by atoms with Crippen LogP contribution in [0.15, 0.2) is 48.8 Å². The number of ether oxygens (including phenoxy) is 3. The lowest BCUT2D eigenvalue weighted by atomic mass is 9.99. The lowest BCUT2D eigenvalue weighted by Crippen LogP contribution is -2.60. The highest BCUT2D eigenvalue weighted by Gasteiger charge is 2.44. The van der Waals surface area contributed by atoms with E-state index in [1.807, 2.05) is 34.9 Å². The normalized spacial score (nSPS) is 26.2. The van der Waals surface area contributed by atoms with Crippen molar-refractivity contribution in [2.45, 2.75) is 43.7 Å². The Hall–Kier alpha value is -2.69. The van der Waals surface area contributed by atoms with E-state index < -0.39 is 37.3 Å². The lowest BCUT2D eigenvalue weighted by Gasteiger charge is -2.39. The van der Waals surface area contributed by atoms with Gasteiger partial charge in [0.05, 0.1) is 25.6 Å². The number of hydrogen-bond acceptors (Lipinski definition) is 8. The van der Waals surface area contributed by atoms with Crippen LogP contribution in [0.5, 0.6) is 11.5 Å². The largest absolute Gasteiger partial charge is 0.497 e. The Morgan fingerprint density at radius 1 is 1.03 bits per heavy atom. The maximum absolute atomic E-state index is 10.3. The van der Waals surface area contributed by atoms with Crippen molar-refractivity contribution in [2.75, 3.05) is 13.7 Å². The molecule has 0 bridgehead atoms. The van der Waals surface area contributed by atoms with E-state index in [0.717, 1.165) is 17.7 Å². The number of hydrogen-bond donors (Lipinski definition) is 4. The van der Waals surface area contributed by atoms with Crippen molar-refractivity contribution in [1.29, 1.82) is 0 Å². The van der Waals surface area contributed by atoms with Crippen LogP contribution >= 0.6 is 0 Å². The maximum Gasteiger partial charge on any atom is 0.229 e. The molecule has 1 aliphatic heterocycles. The third kappa shape index (κ3) is 4.36. The number of aryl methyl sites for hydroxylation is 2. The van der Waals surface area contributed by atoms with E-state index in [-0.39, 0.29) is 0 Å². The van der Waals surface area contributed by atoms with E-state index in [1.54, 1.807) is 25.6 Å². The van der Waals surface area contributed by atoms with Gasteiger partial charge in [0.25, 0.3) is 0 Å². The Labute approximate surface area is 179 Å². The third-order valence-corrected chi connectivity index (χ3v) is 5.49. The first-order valence-electron chi connectivity index (χ1n) is 10.1. The van der Waals surface area contributed by atoms with Gasteiger partial charge in [0, 0.05) is 6.54 Å². The molecule has 1 fully saturated rings. The first-order chi connectivity index (χ1) is 15.0. The molecule has 9 nitrogen and oxygen atoms in total. The standard InChI is InChI=1S/C22H26N2O7/c1-29-14-7-5-13(6-8-14)9-10-24-12-23-15-3-2-4-16(18(15)24)30-22-21(28)20(27)19(26)17(11-25)31-22/h2-8,12,17,19-22,25-28H,9-11H2,1H3/t17-,19-,20+,21-,22?/m0/s1. The minimum absolute atomic E-state index is 0.411. The second kappa shape index (κ2) is 9.21. The Kier molecular flexibility index (Phi) is 6.40. The van der Waals surface area contributed by atoms with Crippen molar-refractivity contribution in [2.24, 2.45) is 0 Å². The van der Waals surface area contributed by atoms with Crippen LogP contribution in [0.4, 0.5) is 0 Å². The molecule has 1 saturated heterocycles. The Morgan fingerprint density at radius 2 is 1.81 bits per heavy atom. The molecule has 0 radical (unpaired) electrons. The van der Waals surface area contributed by atoms with Crippen molar-refractivity contribution < 1.29 is 34.6 Å². The summed E-state index contributed by atoms with van der Waals surface area (Å²) < 4.78 is 18.5. The van der Waals surface area contributed by atoms with Crippen LogP contribution in [-0.4, -0.2) is 74.4 Å². The summed E-state index contributed by atoms with van der Waals surface area (Å²) in [6.07, 6.45) is -4.25. The summed E-state index contributed by atoms with van der Waals surface area (Å²) in [5, 5.41) is 39.7. The molecule has 166 valence electrons. The quantitative estimate of drug-likeness (QED) is 0.426. The number of para-hydroxylation sites is 1. The van der Waals surface area contributed by atoms with Gasteiger partial charge in [-0.25, -0.2) is 4.98 Å². The van der Waals surface area contributed by atoms with Crippen molar-refractivity contribution in [3.8, 4) is 11.5 Å². The molecule has 0 spiro atoms. The van der Waals surface area contributed by atoms with Crippen LogP contribution in [0, 0.1) is 0 Å². The highest BCUT2D eigenvalue weighted by atomic mass is 16.7. The number of benzene rings is 2. The fraction of sp³-hybridized carbons (Fsp3) is 0.409. The van der Waals surface area contributed by atoms with Crippen molar-refractivity contribution in [3.05, 3.63) is 54.4 Å². The number of aromatic nitrogens is 2. The van der Waals surface area contributed by atoms with Gasteiger partial charge in [0.1, 0.15) is 41.4 Å². The molecule has 0 saturated carbocycles. The Morgan fingerprint density at radius 3 is 2.52 bits per heavy atom. The average molecular weight is 430 g/mol. The molecule has 2 aromatic carbocycles. The number of aliphatic hydroxyl groups excluding tert-OH is 4. The second-order valence-corrected chi connectivity index (χ2v) is 7.48. The molecule has 9 heteroatoms. The molecule has 3 aromatic rings. The first kappa shape index (κ1) is 21.5. The zero-order valence-corrected chi connectivity index (χ0v) is 17.0. The molecule has 4 N–H and O–H groups in total. The number of imidazole rings is 1. The fourth-order valence-electron chi connectivity index (χ4n) is 3.69. The van der Waals surface area contributed by atoms with Crippen molar-refractivity contribution >= 4 is 11.0 Å². The zero-order chi connectivity index (χ0) is 22.0. The second-order valence-electron chi connectivity index (χ2n) is 7.48. The zero-order valence-electron chi connectivity index (χ0n) is 17.0. The Bertz CT molecular complexity index is 1000. The molecule has 31 heavy (non-hydrogen) atoms. The fourth-order valence-corrected chi connectivity index (χ4v) is 3.69. The van der Waals surface area contributed by atoms with Crippen LogP contribution in [0.2, 0.25) is 0 Å². The van der Waals surface area contributed by atoms with E-state index in [4.69, 9.17) is 14.2 Å². The van der Waals surface area contributed by atoms with E-state index in [1.165, 1.54) is 0 Å². The summed E-state index contributed by atoms with van der Waals surface area (Å²) in [5.74, 6) is 1.21. The molecule has 2 heterocycles. The summed E-state index contributed by atoms with van der Waals surface area (Å²) in [7, 11) is 1.63. The van der Waals surface area contributed by atoms with Gasteiger partial charge in [-0.05, 0) is 36.2 Å². The molecule has 4 rings (SSSR count). The van der Waals surface area contributed by atoms with Gasteiger partial charge in [-0.1, -0.05) is 18.2 Å². The predicted molar refractivity (Wildman–Crippen MR) is 111 cm³/mol. The van der Waals surface area contributed by atoms with E-state index >= 15 is 0 Å². The molecule has 5 atom stereocenters. The van der Waals surface area contributed by atoms with Crippen LogP contribution in [-0.2, 0) is 17.7 Å². The lowest BCUT2D eigenvalue weighted by molar-refractivity contribution is -0.277. The minimum atomic E-state index is -1.50. The minimum Gasteiger partial charge on any atom is -0.497 e. The van der Waals surface area contributed by atoms with Crippen LogP contribution < -0.4 is 9.47 Å². The maximum atomic E-state index is 10.3. The SMILES string of the molecule is COc1ccc(CCn2cnc3cccc(OC4O[C@@H](CO)[C@H](O)[C@@H](O)[C@@H]4O)c32)cc1. The molecular formula is C22H26N2O7. The summed E-state index contributed by atoms with van der Waals surface area (Å²) in [6.45, 7) is 0.118. The average Bonchev–Trinajstić information content (AvgIpc) is 3.22. The summed E-state index contributed by atoms with van der Waals surface area (Å²) in [4.78, 5) is 4.42. The summed E-state index contributed by atoms with van der Waals surface area (Å²) in [5.41, 5.74) is 2.56. The highest BCUT2D eigenvalue weighted by molar-refractivity contribution is 5.82. The van der Waals surface area contributed by atoms with Crippen molar-refractivity contribution in [3.63, 3.8) is 0 Å². The van der Waals surface area contributed by atoms with Crippen LogP contribution in [0.3, 0.4) is 0 Å².